The summed E-state index contributed by atoms with van der Waals surface area (Å²) in [7, 11) is 1.54. The van der Waals surface area contributed by atoms with Gasteiger partial charge in [0, 0.05) is 27.5 Å². The number of ether oxygens (including phenoxy) is 1. The number of nitrogens with one attached hydrogen (secondary N) is 1. The molecule has 41 heavy (non-hydrogen) atoms. The van der Waals surface area contributed by atoms with Gasteiger partial charge in [-0.05, 0) is 47.5 Å². The zero-order chi connectivity index (χ0) is 28.3. The number of methoxy groups -OCH3 is 1. The molecule has 7 rings (SSSR count). The van der Waals surface area contributed by atoms with Crippen LogP contribution in [0, 0.1) is 5.92 Å². The number of hydrogen-bond donors (Lipinski definition) is 1. The van der Waals surface area contributed by atoms with Crippen LogP contribution in [-0.4, -0.2) is 36.7 Å². The van der Waals surface area contributed by atoms with Gasteiger partial charge in [0.2, 0.25) is 5.91 Å². The van der Waals surface area contributed by atoms with E-state index < -0.39 is 23.4 Å². The van der Waals surface area contributed by atoms with E-state index in [0.717, 1.165) is 11.3 Å². The Labute approximate surface area is 242 Å². The minimum atomic E-state index is -1.38. The molecule has 4 aromatic rings. The van der Waals surface area contributed by atoms with Crippen LogP contribution >= 0.6 is 11.6 Å². The van der Waals surface area contributed by atoms with Gasteiger partial charge in [0.15, 0.2) is 11.6 Å². The molecule has 0 saturated carbocycles. The fourth-order valence-electron chi connectivity index (χ4n) is 6.88. The largest absolute Gasteiger partial charge is 0.497 e. The molecule has 3 heterocycles. The summed E-state index contributed by atoms with van der Waals surface area (Å²) >= 11 is 6.36. The molecule has 3 aliphatic heterocycles. The Bertz CT molecular complexity index is 1770. The topological polar surface area (TPSA) is 75.7 Å². The molecular weight excluding hydrogens is 536 g/mol. The predicted octanol–water partition coefficient (Wildman–Crippen LogP) is 6.20. The number of hydrogen-bond acceptors (Lipinski definition) is 5. The summed E-state index contributed by atoms with van der Waals surface area (Å²) in [6.45, 7) is 0. The van der Waals surface area contributed by atoms with Crippen molar-refractivity contribution in [2.45, 2.75) is 17.5 Å². The molecule has 4 atom stereocenters. The van der Waals surface area contributed by atoms with Crippen molar-refractivity contribution in [3.63, 3.8) is 0 Å². The molecule has 1 N–H and O–H groups in total. The third-order valence-electron chi connectivity index (χ3n) is 8.56. The van der Waals surface area contributed by atoms with Crippen molar-refractivity contribution in [2.24, 2.45) is 5.92 Å². The second kappa shape index (κ2) is 9.46. The number of rotatable bonds is 5. The summed E-state index contributed by atoms with van der Waals surface area (Å²) in [4.78, 5) is 45.8. The van der Waals surface area contributed by atoms with Gasteiger partial charge in [-0.25, -0.2) is 0 Å². The van der Waals surface area contributed by atoms with E-state index in [-0.39, 0.29) is 17.5 Å². The maximum atomic E-state index is 14.8. The van der Waals surface area contributed by atoms with E-state index in [0.29, 0.717) is 33.1 Å². The van der Waals surface area contributed by atoms with Gasteiger partial charge >= 0.3 is 0 Å². The lowest BCUT2D eigenvalue weighted by Crippen LogP contribution is -2.51. The van der Waals surface area contributed by atoms with E-state index in [4.69, 9.17) is 16.3 Å². The molecule has 1 saturated heterocycles. The second-order valence-corrected chi connectivity index (χ2v) is 11.0. The first-order valence-electron chi connectivity index (χ1n) is 13.4. The minimum absolute atomic E-state index is 0.234. The van der Waals surface area contributed by atoms with Crippen molar-refractivity contribution in [3.8, 4) is 5.75 Å². The Morgan fingerprint density at radius 2 is 1.63 bits per heavy atom. The van der Waals surface area contributed by atoms with Gasteiger partial charge in [-0.1, -0.05) is 84.4 Å². The highest BCUT2D eigenvalue weighted by atomic mass is 35.5. The molecule has 202 valence electrons. The third kappa shape index (κ3) is 3.60. The van der Waals surface area contributed by atoms with Crippen LogP contribution in [0.2, 0.25) is 5.02 Å². The van der Waals surface area contributed by atoms with E-state index in [1.165, 1.54) is 7.11 Å². The van der Waals surface area contributed by atoms with E-state index in [9.17, 15) is 14.4 Å². The van der Waals surface area contributed by atoms with Crippen molar-refractivity contribution in [1.82, 2.24) is 0 Å². The molecule has 0 bridgehead atoms. The molecule has 0 aliphatic carbocycles. The van der Waals surface area contributed by atoms with Gasteiger partial charge in [-0.2, -0.15) is 0 Å². The number of benzene rings is 4. The van der Waals surface area contributed by atoms with Crippen LogP contribution in [0.3, 0.4) is 0 Å². The number of nitrogens with zero attached hydrogens (tertiary/aromatic N) is 1. The Morgan fingerprint density at radius 3 is 2.44 bits per heavy atom. The minimum Gasteiger partial charge on any atom is -0.497 e. The Morgan fingerprint density at radius 1 is 0.878 bits per heavy atom. The van der Waals surface area contributed by atoms with Gasteiger partial charge in [0.25, 0.3) is 0 Å². The monoisotopic (exact) mass is 560 g/mol. The van der Waals surface area contributed by atoms with Gasteiger partial charge in [-0.3, -0.25) is 14.4 Å². The quantitative estimate of drug-likeness (QED) is 0.294. The summed E-state index contributed by atoms with van der Waals surface area (Å²) < 4.78 is 5.43. The second-order valence-electron chi connectivity index (χ2n) is 10.5. The Kier molecular flexibility index (Phi) is 5.84. The average molecular weight is 561 g/mol. The van der Waals surface area contributed by atoms with Crippen LogP contribution in [0.25, 0.3) is 6.08 Å². The molecule has 0 aromatic heterocycles. The fourth-order valence-corrected chi connectivity index (χ4v) is 7.06. The SMILES string of the molecule is COc1cccc(C(=O)[C@H]2[C@@H](C(=O)c3ccccc3)N3c4ccc(Cl)cc4C=C[C@@H]3[C@]23C(=O)Nc2ccccc23)c1. The van der Waals surface area contributed by atoms with Crippen LogP contribution in [0.15, 0.2) is 103 Å². The van der Waals surface area contributed by atoms with E-state index in [1.807, 2.05) is 59.5 Å². The normalized spacial score (nSPS) is 23.5. The molecule has 1 spiro atoms. The molecule has 1 fully saturated rings. The number of carbonyl (C=O) groups is 3. The highest BCUT2D eigenvalue weighted by Gasteiger charge is 2.70. The van der Waals surface area contributed by atoms with Crippen molar-refractivity contribution < 1.29 is 19.1 Å². The summed E-state index contributed by atoms with van der Waals surface area (Å²) in [5.74, 6) is -1.38. The molecule has 6 nitrogen and oxygen atoms in total. The van der Waals surface area contributed by atoms with Crippen molar-refractivity contribution in [1.29, 1.82) is 0 Å². The van der Waals surface area contributed by atoms with Gasteiger partial charge in [0.05, 0.1) is 19.1 Å². The number of amides is 1. The Hall–Kier alpha value is -4.68. The smallest absolute Gasteiger partial charge is 0.238 e. The molecule has 1 amide bonds. The van der Waals surface area contributed by atoms with Crippen molar-refractivity contribution >= 4 is 46.5 Å². The highest BCUT2D eigenvalue weighted by molar-refractivity contribution is 6.31. The first kappa shape index (κ1) is 25.3. The lowest BCUT2D eigenvalue weighted by molar-refractivity contribution is -0.121. The van der Waals surface area contributed by atoms with E-state index >= 15 is 0 Å². The van der Waals surface area contributed by atoms with Gasteiger partial charge in [0.1, 0.15) is 17.2 Å². The lowest BCUT2D eigenvalue weighted by Gasteiger charge is -2.37. The summed E-state index contributed by atoms with van der Waals surface area (Å²) in [6, 6.07) is 27.1. The number of para-hydroxylation sites is 1. The summed E-state index contributed by atoms with van der Waals surface area (Å²) in [6.07, 6.45) is 3.87. The van der Waals surface area contributed by atoms with Crippen molar-refractivity contribution in [2.75, 3.05) is 17.3 Å². The molecule has 0 unspecified atom stereocenters. The van der Waals surface area contributed by atoms with Crippen LogP contribution in [-0.2, 0) is 10.2 Å². The molecule has 7 heteroatoms. The highest BCUT2D eigenvalue weighted by Crippen LogP contribution is 2.58. The van der Waals surface area contributed by atoms with Crippen LogP contribution in [0.4, 0.5) is 11.4 Å². The molecule has 3 aliphatic rings. The number of carbonyl (C=O) groups excluding carboxylic acids is 3. The average Bonchev–Trinajstić information content (AvgIpc) is 3.49. The number of anilines is 2. The zero-order valence-corrected chi connectivity index (χ0v) is 22.8. The zero-order valence-electron chi connectivity index (χ0n) is 22.1. The fraction of sp³-hybridized carbons (Fsp3) is 0.147. The standard InChI is InChI=1S/C34H25ClN2O4/c1-41-24-11-7-10-22(19-24)31(38)29-30(32(39)20-8-3-2-4-9-20)37-27-16-15-23(35)18-21(27)14-17-28(37)34(29)25-12-5-6-13-26(25)36-33(34)40/h2-19,28-30H,1H3,(H,36,40)/t28-,29-,30+,34+/m1/s1. The van der Waals surface area contributed by atoms with Crippen molar-refractivity contribution in [3.05, 3.63) is 130 Å². The first-order chi connectivity index (χ1) is 19.9. The third-order valence-corrected chi connectivity index (χ3v) is 8.79. The van der Waals surface area contributed by atoms with Gasteiger partial charge in [-0.15, -0.1) is 0 Å². The molecular formula is C34H25ClN2O4. The van der Waals surface area contributed by atoms with Crippen LogP contribution < -0.4 is 15.0 Å². The van der Waals surface area contributed by atoms with Crippen LogP contribution in [0.5, 0.6) is 5.75 Å². The summed E-state index contributed by atoms with van der Waals surface area (Å²) in [5.41, 5.74) is 2.37. The number of Topliss-reactive ketones (excluding diaryl/α,β-unsaturated/α-hetero) is 2. The molecule has 4 aromatic carbocycles. The maximum absolute atomic E-state index is 14.8. The molecule has 0 radical (unpaired) electrons. The Balaban J connectivity index is 1.54. The lowest BCUT2D eigenvalue weighted by atomic mass is 9.64. The van der Waals surface area contributed by atoms with Gasteiger partial charge < -0.3 is 15.0 Å². The summed E-state index contributed by atoms with van der Waals surface area (Å²) in [5, 5.41) is 3.60. The predicted molar refractivity (Wildman–Crippen MR) is 159 cm³/mol. The number of halogens is 1. The number of ketones is 2. The van der Waals surface area contributed by atoms with E-state index in [1.54, 1.807) is 54.6 Å². The first-order valence-corrected chi connectivity index (χ1v) is 13.8. The van der Waals surface area contributed by atoms with E-state index in [2.05, 4.69) is 5.32 Å². The maximum Gasteiger partial charge on any atom is 0.238 e. The number of fused-ring (bicyclic) bond motifs is 6. The van der Waals surface area contributed by atoms with Crippen LogP contribution in [0.1, 0.15) is 31.8 Å².